The topological polar surface area (TPSA) is 59.4 Å². The summed E-state index contributed by atoms with van der Waals surface area (Å²) in [6.45, 7) is 0. The van der Waals surface area contributed by atoms with Gasteiger partial charge in [-0.3, -0.25) is 0 Å². The molecule has 2 aromatic rings. The average Bonchev–Trinajstić information content (AvgIpc) is 2.72. The molecular formula is C17H18ClNO3. The maximum absolute atomic E-state index is 11.1. The van der Waals surface area contributed by atoms with Crippen LogP contribution in [-0.4, -0.2) is 27.5 Å². The first-order valence-corrected chi connectivity index (χ1v) is 8.01. The molecule has 0 saturated heterocycles. The van der Waals surface area contributed by atoms with Crippen LogP contribution in [0.4, 0.5) is 0 Å². The lowest BCUT2D eigenvalue weighted by molar-refractivity contribution is 0.0691. The molecule has 22 heavy (non-hydrogen) atoms. The summed E-state index contributed by atoms with van der Waals surface area (Å²) in [4.78, 5) is 15.3. The van der Waals surface area contributed by atoms with E-state index in [9.17, 15) is 4.79 Å². The lowest BCUT2D eigenvalue weighted by Crippen LogP contribution is -2.16. The highest BCUT2D eigenvalue weighted by atomic mass is 35.5. The van der Waals surface area contributed by atoms with Crippen LogP contribution in [-0.2, 0) is 0 Å². The monoisotopic (exact) mass is 319 g/mol. The fourth-order valence-corrected chi connectivity index (χ4v) is 3.13. The number of hydrogen-bond donors (Lipinski definition) is 1. The Hall–Kier alpha value is -1.81. The minimum atomic E-state index is -1.03. The van der Waals surface area contributed by atoms with E-state index in [0.717, 1.165) is 37.5 Å². The number of pyridine rings is 1. The molecular weight excluding hydrogens is 302 g/mol. The molecule has 1 aliphatic rings. The number of hydrogen-bond acceptors (Lipinski definition) is 3. The first-order chi connectivity index (χ1) is 10.6. The highest BCUT2D eigenvalue weighted by Crippen LogP contribution is 2.29. The Morgan fingerprint density at radius 1 is 1.18 bits per heavy atom. The first-order valence-electron chi connectivity index (χ1n) is 7.57. The molecule has 1 aromatic carbocycles. The molecule has 2 unspecified atom stereocenters. The highest BCUT2D eigenvalue weighted by molar-refractivity contribution is 6.20. The third kappa shape index (κ3) is 3.33. The standard InChI is InChI=1S/C17H18ClNO3/c18-12-4-2-5-13(9-8-12)22-15-6-1-3-11-7-10-14(17(20)21)19-16(11)15/h1,3,6-7,10,12-13H,2,4-5,8-9H2,(H,20,21). The van der Waals surface area contributed by atoms with Crippen LogP contribution in [0.25, 0.3) is 10.9 Å². The fraction of sp³-hybridized carbons (Fsp3) is 0.412. The van der Waals surface area contributed by atoms with E-state index in [1.165, 1.54) is 6.07 Å². The van der Waals surface area contributed by atoms with Crippen molar-refractivity contribution >= 4 is 28.5 Å². The number of carboxylic acid groups (broad SMARTS) is 1. The zero-order chi connectivity index (χ0) is 15.5. The van der Waals surface area contributed by atoms with Crippen molar-refractivity contribution in [2.24, 2.45) is 0 Å². The van der Waals surface area contributed by atoms with Crippen molar-refractivity contribution in [3.63, 3.8) is 0 Å². The van der Waals surface area contributed by atoms with Gasteiger partial charge in [-0.25, -0.2) is 9.78 Å². The van der Waals surface area contributed by atoms with E-state index >= 15 is 0 Å². The number of alkyl halides is 1. The highest BCUT2D eigenvalue weighted by Gasteiger charge is 2.19. The molecule has 1 N–H and O–H groups in total. The van der Waals surface area contributed by atoms with E-state index in [1.807, 2.05) is 18.2 Å². The van der Waals surface area contributed by atoms with Gasteiger partial charge in [0, 0.05) is 10.8 Å². The number of ether oxygens (including phenoxy) is 1. The summed E-state index contributed by atoms with van der Waals surface area (Å²) in [5, 5.41) is 10.2. The number of nitrogens with zero attached hydrogens (tertiary/aromatic N) is 1. The Labute approximate surface area is 134 Å². The van der Waals surface area contributed by atoms with Gasteiger partial charge in [0.2, 0.25) is 0 Å². The third-order valence-corrected chi connectivity index (χ3v) is 4.48. The average molecular weight is 320 g/mol. The van der Waals surface area contributed by atoms with Gasteiger partial charge in [0.25, 0.3) is 0 Å². The van der Waals surface area contributed by atoms with Gasteiger partial charge in [0.15, 0.2) is 0 Å². The summed E-state index contributed by atoms with van der Waals surface area (Å²) in [5.41, 5.74) is 0.638. The fourth-order valence-electron chi connectivity index (χ4n) is 2.85. The Morgan fingerprint density at radius 2 is 2.05 bits per heavy atom. The van der Waals surface area contributed by atoms with Gasteiger partial charge in [-0.1, -0.05) is 18.2 Å². The zero-order valence-electron chi connectivity index (χ0n) is 12.2. The second-order valence-electron chi connectivity index (χ2n) is 5.67. The van der Waals surface area contributed by atoms with Crippen LogP contribution in [0.2, 0.25) is 0 Å². The van der Waals surface area contributed by atoms with E-state index < -0.39 is 5.97 Å². The molecule has 1 aromatic heterocycles. The maximum Gasteiger partial charge on any atom is 0.354 e. The van der Waals surface area contributed by atoms with Gasteiger partial charge in [-0.2, -0.15) is 0 Å². The van der Waals surface area contributed by atoms with Crippen LogP contribution in [0, 0.1) is 0 Å². The van der Waals surface area contributed by atoms with E-state index in [2.05, 4.69) is 4.98 Å². The minimum absolute atomic E-state index is 0.0326. The quantitative estimate of drug-likeness (QED) is 0.678. The number of benzene rings is 1. The van der Waals surface area contributed by atoms with Crippen molar-refractivity contribution < 1.29 is 14.6 Å². The van der Waals surface area contributed by atoms with Crippen molar-refractivity contribution in [1.29, 1.82) is 0 Å². The van der Waals surface area contributed by atoms with Gasteiger partial charge >= 0.3 is 5.97 Å². The van der Waals surface area contributed by atoms with Gasteiger partial charge in [-0.05, 0) is 44.2 Å². The Bertz CT molecular complexity index is 689. The SMILES string of the molecule is O=C(O)c1ccc2cccc(OC3CCCC(Cl)CC3)c2n1. The molecule has 3 rings (SSSR count). The molecule has 1 fully saturated rings. The van der Waals surface area contributed by atoms with Crippen LogP contribution >= 0.6 is 11.6 Å². The second-order valence-corrected chi connectivity index (χ2v) is 6.29. The van der Waals surface area contributed by atoms with E-state index in [0.29, 0.717) is 11.3 Å². The number of aromatic nitrogens is 1. The Morgan fingerprint density at radius 3 is 2.86 bits per heavy atom. The number of carbonyl (C=O) groups is 1. The number of fused-ring (bicyclic) bond motifs is 1. The molecule has 1 heterocycles. The first kappa shape index (κ1) is 15.1. The van der Waals surface area contributed by atoms with Crippen molar-refractivity contribution in [3.8, 4) is 5.75 Å². The molecule has 4 nitrogen and oxygen atoms in total. The molecule has 1 aliphatic carbocycles. The van der Waals surface area contributed by atoms with E-state index in [-0.39, 0.29) is 17.2 Å². The molecule has 5 heteroatoms. The predicted molar refractivity (Wildman–Crippen MR) is 85.8 cm³/mol. The minimum Gasteiger partial charge on any atom is -0.488 e. The van der Waals surface area contributed by atoms with Crippen LogP contribution in [0.15, 0.2) is 30.3 Å². The lowest BCUT2D eigenvalue weighted by atomic mass is 10.1. The summed E-state index contributed by atoms with van der Waals surface area (Å²) in [6.07, 6.45) is 5.03. The molecule has 0 aliphatic heterocycles. The van der Waals surface area contributed by atoms with Crippen LogP contribution in [0.5, 0.6) is 5.75 Å². The van der Waals surface area contributed by atoms with Gasteiger partial charge in [0.1, 0.15) is 17.0 Å². The molecule has 0 bridgehead atoms. The molecule has 1 saturated carbocycles. The summed E-state index contributed by atoms with van der Waals surface area (Å²) < 4.78 is 6.12. The van der Waals surface area contributed by atoms with E-state index in [1.54, 1.807) is 6.07 Å². The molecule has 0 radical (unpaired) electrons. The number of rotatable bonds is 3. The zero-order valence-corrected chi connectivity index (χ0v) is 12.9. The third-order valence-electron chi connectivity index (χ3n) is 4.04. The van der Waals surface area contributed by atoms with Crippen LogP contribution in [0.3, 0.4) is 0 Å². The summed E-state index contributed by atoms with van der Waals surface area (Å²) >= 11 is 6.21. The maximum atomic E-state index is 11.1. The largest absolute Gasteiger partial charge is 0.488 e. The van der Waals surface area contributed by atoms with Crippen LogP contribution in [0.1, 0.15) is 42.6 Å². The van der Waals surface area contributed by atoms with E-state index in [4.69, 9.17) is 21.4 Å². The van der Waals surface area contributed by atoms with Crippen molar-refractivity contribution in [2.45, 2.75) is 43.6 Å². The number of para-hydroxylation sites is 1. The normalized spacial score (nSPS) is 22.2. The number of aromatic carboxylic acids is 1. The molecule has 0 amide bonds. The van der Waals surface area contributed by atoms with Gasteiger partial charge in [-0.15, -0.1) is 11.6 Å². The molecule has 116 valence electrons. The van der Waals surface area contributed by atoms with Gasteiger partial charge < -0.3 is 9.84 Å². The Balaban J connectivity index is 1.89. The molecule has 0 spiro atoms. The number of halogens is 1. The lowest BCUT2D eigenvalue weighted by Gasteiger charge is -2.18. The smallest absolute Gasteiger partial charge is 0.354 e. The summed E-state index contributed by atoms with van der Waals surface area (Å²) in [5.74, 6) is -0.380. The predicted octanol–water partition coefficient (Wildman–Crippen LogP) is 4.25. The van der Waals surface area contributed by atoms with Crippen molar-refractivity contribution in [3.05, 3.63) is 36.0 Å². The summed E-state index contributed by atoms with van der Waals surface area (Å²) in [7, 11) is 0. The number of carboxylic acids is 1. The summed E-state index contributed by atoms with van der Waals surface area (Å²) in [6, 6.07) is 8.94. The van der Waals surface area contributed by atoms with Gasteiger partial charge in [0.05, 0.1) is 6.10 Å². The van der Waals surface area contributed by atoms with Crippen LogP contribution < -0.4 is 4.74 Å². The molecule has 2 atom stereocenters. The van der Waals surface area contributed by atoms with Crippen molar-refractivity contribution in [1.82, 2.24) is 4.98 Å². The second kappa shape index (κ2) is 6.53. The van der Waals surface area contributed by atoms with Crippen molar-refractivity contribution in [2.75, 3.05) is 0 Å². The Kier molecular flexibility index (Phi) is 4.48.